The Morgan fingerprint density at radius 2 is 2.15 bits per heavy atom. The number of hydrogen-bond donors (Lipinski definition) is 2. The molecule has 2 amide bonds. The number of rotatable bonds is 4. The summed E-state index contributed by atoms with van der Waals surface area (Å²) in [5.74, 6) is 0.101. The molecule has 0 atom stereocenters. The highest BCUT2D eigenvalue weighted by atomic mass is 19.1. The second kappa shape index (κ2) is 6.71. The van der Waals surface area contributed by atoms with Gasteiger partial charge in [0.15, 0.2) is 18.2 Å². The Morgan fingerprint density at radius 1 is 1.33 bits per heavy atom. The summed E-state index contributed by atoms with van der Waals surface area (Å²) < 4.78 is 21.1. The smallest absolute Gasteiger partial charge is 0.262 e. The van der Waals surface area contributed by atoms with Gasteiger partial charge in [-0.05, 0) is 24.3 Å². The number of halogens is 1. The fourth-order valence-corrected chi connectivity index (χ4v) is 3.13. The molecule has 138 valence electrons. The standard InChI is InChI=1S/C19H17FN4O3/c1-24-14-7-3-5-12(20)17(14)23-15(24)8-9-21-19(26)11-4-2-6-13-18(11)27-10-16(25)22-13/h2-7H,8-10H2,1H3,(H,21,26)(H,22,25). The Hall–Kier alpha value is -3.42. The number of hydrogen-bond acceptors (Lipinski definition) is 4. The zero-order chi connectivity index (χ0) is 19.0. The highest BCUT2D eigenvalue weighted by molar-refractivity contribution is 6.03. The number of aromatic nitrogens is 2. The number of para-hydroxylation sites is 2. The number of aryl methyl sites for hydroxylation is 1. The van der Waals surface area contributed by atoms with Crippen LogP contribution in [0, 0.1) is 5.82 Å². The van der Waals surface area contributed by atoms with Gasteiger partial charge in [0.2, 0.25) is 0 Å². The summed E-state index contributed by atoms with van der Waals surface area (Å²) >= 11 is 0. The molecule has 0 bridgehead atoms. The average Bonchev–Trinajstić information content (AvgIpc) is 2.98. The fourth-order valence-electron chi connectivity index (χ4n) is 3.13. The summed E-state index contributed by atoms with van der Waals surface area (Å²) in [5.41, 5.74) is 1.86. The van der Waals surface area contributed by atoms with Crippen LogP contribution in [0.4, 0.5) is 10.1 Å². The first-order chi connectivity index (χ1) is 13.0. The minimum Gasteiger partial charge on any atom is -0.481 e. The zero-order valence-electron chi connectivity index (χ0n) is 14.6. The third-order valence-corrected chi connectivity index (χ3v) is 4.47. The summed E-state index contributed by atoms with van der Waals surface area (Å²) in [7, 11) is 1.82. The van der Waals surface area contributed by atoms with E-state index in [4.69, 9.17) is 4.74 Å². The largest absolute Gasteiger partial charge is 0.481 e. The monoisotopic (exact) mass is 368 g/mol. The van der Waals surface area contributed by atoms with Gasteiger partial charge in [0, 0.05) is 20.0 Å². The van der Waals surface area contributed by atoms with Crippen LogP contribution in [0.5, 0.6) is 5.75 Å². The first kappa shape index (κ1) is 17.0. The minimum atomic E-state index is -0.367. The molecule has 0 aliphatic carbocycles. The molecule has 3 aromatic rings. The van der Waals surface area contributed by atoms with Gasteiger partial charge < -0.3 is 19.9 Å². The molecule has 0 unspecified atom stereocenters. The Kier molecular flexibility index (Phi) is 4.23. The van der Waals surface area contributed by atoms with Gasteiger partial charge in [0.05, 0.1) is 16.8 Å². The number of nitrogens with one attached hydrogen (secondary N) is 2. The molecule has 27 heavy (non-hydrogen) atoms. The molecule has 1 aliphatic rings. The Labute approximate surface area is 154 Å². The number of carbonyl (C=O) groups excluding carboxylic acids is 2. The van der Waals surface area contributed by atoms with Crippen molar-refractivity contribution in [1.29, 1.82) is 0 Å². The number of anilines is 1. The molecule has 1 aliphatic heterocycles. The van der Waals surface area contributed by atoms with E-state index in [1.165, 1.54) is 6.07 Å². The van der Waals surface area contributed by atoms with Crippen molar-refractivity contribution in [3.8, 4) is 5.75 Å². The van der Waals surface area contributed by atoms with Crippen LogP contribution in [0.25, 0.3) is 11.0 Å². The molecule has 0 saturated carbocycles. The van der Waals surface area contributed by atoms with E-state index in [0.717, 1.165) is 0 Å². The SMILES string of the molecule is Cn1c(CCNC(=O)c2cccc3c2OCC(=O)N3)nc2c(F)cccc21. The van der Waals surface area contributed by atoms with Gasteiger partial charge >= 0.3 is 0 Å². The van der Waals surface area contributed by atoms with Gasteiger partial charge in [-0.15, -0.1) is 0 Å². The van der Waals surface area contributed by atoms with Crippen LogP contribution < -0.4 is 15.4 Å². The summed E-state index contributed by atoms with van der Waals surface area (Å²) in [6.45, 7) is 0.205. The Bertz CT molecular complexity index is 1060. The third-order valence-electron chi connectivity index (χ3n) is 4.47. The molecule has 4 rings (SSSR count). The quantitative estimate of drug-likeness (QED) is 0.738. The molecule has 1 aromatic heterocycles. The maximum Gasteiger partial charge on any atom is 0.262 e. The van der Waals surface area contributed by atoms with Crippen LogP contribution in [0.1, 0.15) is 16.2 Å². The number of benzene rings is 2. The van der Waals surface area contributed by atoms with Gasteiger partial charge in [-0.1, -0.05) is 12.1 Å². The molecule has 0 saturated heterocycles. The molecule has 7 nitrogen and oxygen atoms in total. The van der Waals surface area contributed by atoms with Crippen molar-refractivity contribution in [1.82, 2.24) is 14.9 Å². The Morgan fingerprint density at radius 3 is 2.96 bits per heavy atom. The van der Waals surface area contributed by atoms with Crippen LogP contribution >= 0.6 is 0 Å². The predicted molar refractivity (Wildman–Crippen MR) is 97.3 cm³/mol. The minimum absolute atomic E-state index is 0.122. The molecule has 0 radical (unpaired) electrons. The number of ether oxygens (including phenoxy) is 1. The van der Waals surface area contributed by atoms with E-state index in [-0.39, 0.29) is 24.2 Å². The molecular weight excluding hydrogens is 351 g/mol. The zero-order valence-corrected chi connectivity index (χ0v) is 14.6. The third kappa shape index (κ3) is 3.10. The van der Waals surface area contributed by atoms with Crippen molar-refractivity contribution >= 4 is 28.5 Å². The summed E-state index contributed by atoms with van der Waals surface area (Å²) in [6.07, 6.45) is 0.447. The van der Waals surface area contributed by atoms with E-state index in [1.807, 2.05) is 11.6 Å². The predicted octanol–water partition coefficient (Wildman–Crippen LogP) is 2.02. The lowest BCUT2D eigenvalue weighted by atomic mass is 10.1. The molecule has 0 fully saturated rings. The van der Waals surface area contributed by atoms with Crippen molar-refractivity contribution in [2.75, 3.05) is 18.5 Å². The van der Waals surface area contributed by atoms with E-state index in [9.17, 15) is 14.0 Å². The number of amides is 2. The average molecular weight is 368 g/mol. The van der Waals surface area contributed by atoms with Crippen LogP contribution in [-0.4, -0.2) is 34.5 Å². The first-order valence-corrected chi connectivity index (χ1v) is 8.48. The fraction of sp³-hybridized carbons (Fsp3) is 0.211. The highest BCUT2D eigenvalue weighted by Crippen LogP contribution is 2.31. The maximum atomic E-state index is 13.8. The maximum absolute atomic E-state index is 13.8. The number of carbonyl (C=O) groups is 2. The van der Waals surface area contributed by atoms with Gasteiger partial charge in [-0.25, -0.2) is 9.37 Å². The second-order valence-electron chi connectivity index (χ2n) is 6.22. The van der Waals surface area contributed by atoms with E-state index in [2.05, 4.69) is 15.6 Å². The number of nitrogens with zero attached hydrogens (tertiary/aromatic N) is 2. The van der Waals surface area contributed by atoms with Crippen molar-refractivity contribution in [3.05, 3.63) is 53.6 Å². The number of imidazole rings is 1. The number of fused-ring (bicyclic) bond motifs is 2. The first-order valence-electron chi connectivity index (χ1n) is 8.48. The molecule has 0 spiro atoms. The van der Waals surface area contributed by atoms with Crippen molar-refractivity contribution < 1.29 is 18.7 Å². The topological polar surface area (TPSA) is 85.2 Å². The lowest BCUT2D eigenvalue weighted by Crippen LogP contribution is -2.30. The summed E-state index contributed by atoms with van der Waals surface area (Å²) in [5, 5.41) is 5.49. The summed E-state index contributed by atoms with van der Waals surface area (Å²) in [4.78, 5) is 28.2. The van der Waals surface area contributed by atoms with Crippen LogP contribution in [0.2, 0.25) is 0 Å². The van der Waals surface area contributed by atoms with Gasteiger partial charge in [0.1, 0.15) is 11.3 Å². The summed E-state index contributed by atoms with van der Waals surface area (Å²) in [6, 6.07) is 9.81. The molecule has 8 heteroatoms. The van der Waals surface area contributed by atoms with Crippen molar-refractivity contribution in [2.45, 2.75) is 6.42 Å². The van der Waals surface area contributed by atoms with E-state index < -0.39 is 0 Å². The van der Waals surface area contributed by atoms with E-state index in [0.29, 0.717) is 46.8 Å². The van der Waals surface area contributed by atoms with E-state index >= 15 is 0 Å². The lowest BCUT2D eigenvalue weighted by molar-refractivity contribution is -0.118. The van der Waals surface area contributed by atoms with Crippen LogP contribution in [-0.2, 0) is 18.3 Å². The molecular formula is C19H17FN4O3. The van der Waals surface area contributed by atoms with Gasteiger partial charge in [-0.2, -0.15) is 0 Å². The highest BCUT2D eigenvalue weighted by Gasteiger charge is 2.22. The van der Waals surface area contributed by atoms with E-state index in [1.54, 1.807) is 30.3 Å². The Balaban J connectivity index is 1.47. The van der Waals surface area contributed by atoms with Crippen molar-refractivity contribution in [3.63, 3.8) is 0 Å². The second-order valence-corrected chi connectivity index (χ2v) is 6.22. The lowest BCUT2D eigenvalue weighted by Gasteiger charge is -2.20. The van der Waals surface area contributed by atoms with Gasteiger partial charge in [0.25, 0.3) is 11.8 Å². The van der Waals surface area contributed by atoms with Crippen molar-refractivity contribution in [2.24, 2.45) is 7.05 Å². The molecule has 2 heterocycles. The van der Waals surface area contributed by atoms with Gasteiger partial charge in [-0.3, -0.25) is 9.59 Å². The normalized spacial score (nSPS) is 13.0. The van der Waals surface area contributed by atoms with Crippen LogP contribution in [0.3, 0.4) is 0 Å². The molecule has 2 N–H and O–H groups in total. The molecule has 2 aromatic carbocycles. The van der Waals surface area contributed by atoms with Crippen LogP contribution in [0.15, 0.2) is 36.4 Å².